The van der Waals surface area contributed by atoms with Gasteiger partial charge >= 0.3 is 0 Å². The maximum absolute atomic E-state index is 12.4. The van der Waals surface area contributed by atoms with Gasteiger partial charge in [-0.3, -0.25) is 4.72 Å². The van der Waals surface area contributed by atoms with Crippen molar-refractivity contribution in [1.82, 2.24) is 0 Å². The molecule has 0 bridgehead atoms. The minimum Gasteiger partial charge on any atom is -0.280 e. The van der Waals surface area contributed by atoms with Crippen LogP contribution in [0.15, 0.2) is 45.8 Å². The van der Waals surface area contributed by atoms with Crippen molar-refractivity contribution in [3.8, 4) is 0 Å². The van der Waals surface area contributed by atoms with Crippen LogP contribution >= 0.6 is 15.9 Å². The van der Waals surface area contributed by atoms with E-state index in [1.165, 1.54) is 0 Å². The second-order valence-electron chi connectivity index (χ2n) is 4.84. The Balaban J connectivity index is 2.38. The largest absolute Gasteiger partial charge is 0.280 e. The summed E-state index contributed by atoms with van der Waals surface area (Å²) in [5.74, 6) is 0. The summed E-state index contributed by atoms with van der Waals surface area (Å²) < 4.78 is 28.4. The van der Waals surface area contributed by atoms with Crippen LogP contribution in [0.4, 0.5) is 5.69 Å². The van der Waals surface area contributed by atoms with Gasteiger partial charge in [0, 0.05) is 10.2 Å². The van der Waals surface area contributed by atoms with Crippen molar-refractivity contribution < 1.29 is 8.42 Å². The average Bonchev–Trinajstić information content (AvgIpc) is 2.33. The van der Waals surface area contributed by atoms with Crippen LogP contribution in [0.2, 0.25) is 0 Å². The molecule has 2 aromatic rings. The van der Waals surface area contributed by atoms with Crippen molar-refractivity contribution in [1.29, 1.82) is 0 Å². The molecule has 0 heterocycles. The molecule has 0 radical (unpaired) electrons. The molecule has 0 saturated heterocycles. The van der Waals surface area contributed by atoms with Gasteiger partial charge in [-0.25, -0.2) is 8.42 Å². The van der Waals surface area contributed by atoms with E-state index in [0.717, 1.165) is 21.2 Å². The molecule has 2 rings (SSSR count). The number of sulfonamides is 1. The summed E-state index contributed by atoms with van der Waals surface area (Å²) in [6.07, 6.45) is 0. The van der Waals surface area contributed by atoms with Crippen LogP contribution in [-0.4, -0.2) is 8.42 Å². The second-order valence-corrected chi connectivity index (χ2v) is 7.34. The van der Waals surface area contributed by atoms with Crippen molar-refractivity contribution in [2.75, 3.05) is 4.72 Å². The fourth-order valence-corrected chi connectivity index (χ4v) is 3.54. The van der Waals surface area contributed by atoms with Crippen LogP contribution < -0.4 is 4.72 Å². The number of hydrogen-bond donors (Lipinski definition) is 1. The number of halogens is 1. The lowest BCUT2D eigenvalue weighted by Gasteiger charge is -2.11. The molecule has 1 N–H and O–H groups in total. The van der Waals surface area contributed by atoms with Gasteiger partial charge in [0.25, 0.3) is 10.0 Å². The zero-order chi connectivity index (χ0) is 14.9. The minimum atomic E-state index is -3.56. The Morgan fingerprint density at radius 2 is 1.65 bits per heavy atom. The summed E-state index contributed by atoms with van der Waals surface area (Å²) >= 11 is 3.40. The summed E-state index contributed by atoms with van der Waals surface area (Å²) in [7, 11) is -3.56. The molecule has 2 aromatic carbocycles. The van der Waals surface area contributed by atoms with E-state index in [2.05, 4.69) is 20.7 Å². The lowest BCUT2D eigenvalue weighted by atomic mass is 10.2. The van der Waals surface area contributed by atoms with Crippen molar-refractivity contribution in [3.05, 3.63) is 57.6 Å². The normalized spacial score (nSPS) is 11.4. The molecule has 5 heteroatoms. The van der Waals surface area contributed by atoms with E-state index in [4.69, 9.17) is 0 Å². The highest BCUT2D eigenvalue weighted by Gasteiger charge is 2.17. The highest BCUT2D eigenvalue weighted by molar-refractivity contribution is 9.10. The predicted octanol–water partition coefficient (Wildman–Crippen LogP) is 4.18. The van der Waals surface area contributed by atoms with Crippen LogP contribution in [0.25, 0.3) is 0 Å². The summed E-state index contributed by atoms with van der Waals surface area (Å²) in [5, 5.41) is 0. The maximum atomic E-state index is 12.4. The summed E-state index contributed by atoms with van der Waals surface area (Å²) in [6, 6.07) is 10.7. The molecular formula is C15H16BrNO2S. The Morgan fingerprint density at radius 3 is 2.25 bits per heavy atom. The highest BCUT2D eigenvalue weighted by Crippen LogP contribution is 2.24. The van der Waals surface area contributed by atoms with E-state index in [1.54, 1.807) is 31.2 Å². The van der Waals surface area contributed by atoms with Crippen molar-refractivity contribution in [2.24, 2.45) is 0 Å². The Bertz CT molecular complexity index is 754. The van der Waals surface area contributed by atoms with Gasteiger partial charge in [0.2, 0.25) is 0 Å². The molecule has 0 fully saturated rings. The fraction of sp³-hybridized carbons (Fsp3) is 0.200. The van der Waals surface area contributed by atoms with Crippen LogP contribution in [0, 0.1) is 20.8 Å². The van der Waals surface area contributed by atoms with Crippen molar-refractivity contribution in [2.45, 2.75) is 25.7 Å². The third-order valence-corrected chi connectivity index (χ3v) is 5.46. The van der Waals surface area contributed by atoms with Crippen molar-refractivity contribution >= 4 is 31.6 Å². The number of benzene rings is 2. The smallest absolute Gasteiger partial charge is 0.262 e. The lowest BCUT2D eigenvalue weighted by Crippen LogP contribution is -2.14. The first kappa shape index (κ1) is 15.1. The number of rotatable bonds is 3. The molecule has 0 unspecified atom stereocenters. The first-order valence-corrected chi connectivity index (χ1v) is 8.43. The predicted molar refractivity (Wildman–Crippen MR) is 85.6 cm³/mol. The van der Waals surface area contributed by atoms with Crippen LogP contribution in [-0.2, 0) is 10.0 Å². The summed E-state index contributed by atoms with van der Waals surface area (Å²) in [4.78, 5) is 0.309. The fourth-order valence-electron chi connectivity index (χ4n) is 2.02. The number of anilines is 1. The third kappa shape index (κ3) is 3.22. The monoisotopic (exact) mass is 353 g/mol. The SMILES string of the molecule is Cc1ccc(S(=O)(=O)Nc2ccc(Br)c(C)c2)c(C)c1. The average molecular weight is 354 g/mol. The van der Waals surface area contributed by atoms with Gasteiger partial charge in [0.05, 0.1) is 4.90 Å². The zero-order valence-corrected chi connectivity index (χ0v) is 14.0. The number of aryl methyl sites for hydroxylation is 3. The highest BCUT2D eigenvalue weighted by atomic mass is 79.9. The molecule has 106 valence electrons. The molecule has 0 aliphatic heterocycles. The van der Waals surface area contributed by atoms with Gasteiger partial charge in [-0.2, -0.15) is 0 Å². The molecule has 0 atom stereocenters. The molecule has 0 saturated carbocycles. The Kier molecular flexibility index (Phi) is 4.20. The molecule has 0 aliphatic rings. The molecular weight excluding hydrogens is 338 g/mol. The van der Waals surface area contributed by atoms with E-state index in [-0.39, 0.29) is 0 Å². The maximum Gasteiger partial charge on any atom is 0.262 e. The Hall–Kier alpha value is -1.33. The van der Waals surface area contributed by atoms with E-state index >= 15 is 0 Å². The van der Waals surface area contributed by atoms with Gasteiger partial charge < -0.3 is 0 Å². The Morgan fingerprint density at radius 1 is 0.950 bits per heavy atom. The summed E-state index contributed by atoms with van der Waals surface area (Å²) in [5.41, 5.74) is 3.32. The van der Waals surface area contributed by atoms with Gasteiger partial charge in [-0.1, -0.05) is 33.6 Å². The first-order valence-electron chi connectivity index (χ1n) is 6.16. The topological polar surface area (TPSA) is 46.2 Å². The Labute approximate surface area is 128 Å². The number of nitrogens with one attached hydrogen (secondary N) is 1. The number of hydrogen-bond acceptors (Lipinski definition) is 2. The first-order chi connectivity index (χ1) is 9.29. The molecule has 3 nitrogen and oxygen atoms in total. The lowest BCUT2D eigenvalue weighted by molar-refractivity contribution is 0.600. The molecule has 0 aromatic heterocycles. The molecule has 0 amide bonds. The van der Waals surface area contributed by atoms with Crippen LogP contribution in [0.3, 0.4) is 0 Å². The third-order valence-electron chi connectivity index (χ3n) is 3.03. The molecule has 0 spiro atoms. The van der Waals surface area contributed by atoms with Crippen LogP contribution in [0.1, 0.15) is 16.7 Å². The minimum absolute atomic E-state index is 0.309. The standard InChI is InChI=1S/C15H16BrNO2S/c1-10-4-7-15(12(3)8-10)20(18,19)17-13-5-6-14(16)11(2)9-13/h4-9,17H,1-3H3. The quantitative estimate of drug-likeness (QED) is 0.899. The van der Waals surface area contributed by atoms with Gasteiger partial charge in [-0.05, 0) is 56.2 Å². The van der Waals surface area contributed by atoms with E-state index in [1.807, 2.05) is 26.0 Å². The second kappa shape index (κ2) is 5.58. The van der Waals surface area contributed by atoms with E-state index in [9.17, 15) is 8.42 Å². The molecule has 20 heavy (non-hydrogen) atoms. The molecule has 0 aliphatic carbocycles. The van der Waals surface area contributed by atoms with Gasteiger partial charge in [0.1, 0.15) is 0 Å². The van der Waals surface area contributed by atoms with E-state index < -0.39 is 10.0 Å². The van der Waals surface area contributed by atoms with Crippen LogP contribution in [0.5, 0.6) is 0 Å². The van der Waals surface area contributed by atoms with E-state index in [0.29, 0.717) is 10.6 Å². The van der Waals surface area contributed by atoms with Crippen molar-refractivity contribution in [3.63, 3.8) is 0 Å². The zero-order valence-electron chi connectivity index (χ0n) is 11.6. The van der Waals surface area contributed by atoms with Gasteiger partial charge in [0.15, 0.2) is 0 Å². The van der Waals surface area contributed by atoms with Gasteiger partial charge in [-0.15, -0.1) is 0 Å². The summed E-state index contributed by atoms with van der Waals surface area (Å²) in [6.45, 7) is 5.66.